The molecule has 8 heteroatoms. The van der Waals surface area contributed by atoms with Gasteiger partial charge < -0.3 is 25.2 Å². The molecule has 0 aliphatic carbocycles. The number of amides is 2. The lowest BCUT2D eigenvalue weighted by Gasteiger charge is -2.30. The van der Waals surface area contributed by atoms with Crippen LogP contribution in [-0.4, -0.2) is 48.9 Å². The minimum absolute atomic E-state index is 0.0270. The first-order valence-corrected chi connectivity index (χ1v) is 8.15. The molecule has 1 rings (SSSR count). The smallest absolute Gasteiger partial charge is 0.408 e. The van der Waals surface area contributed by atoms with Gasteiger partial charge in [-0.3, -0.25) is 4.79 Å². The number of benzene rings is 1. The summed E-state index contributed by atoms with van der Waals surface area (Å²) in [6.45, 7) is 4.64. The van der Waals surface area contributed by atoms with Crippen molar-refractivity contribution < 1.29 is 29.0 Å². The van der Waals surface area contributed by atoms with Crippen molar-refractivity contribution in [2.75, 3.05) is 13.7 Å². The van der Waals surface area contributed by atoms with Crippen molar-refractivity contribution in [2.45, 2.75) is 39.5 Å². The Hall–Kier alpha value is -2.61. The Bertz CT molecular complexity index is 612. The average Bonchev–Trinajstić information content (AvgIpc) is 2.61. The van der Waals surface area contributed by atoms with E-state index in [0.29, 0.717) is 0 Å². The highest BCUT2D eigenvalue weighted by atomic mass is 16.5. The van der Waals surface area contributed by atoms with Crippen LogP contribution in [0.3, 0.4) is 0 Å². The van der Waals surface area contributed by atoms with E-state index in [1.807, 2.05) is 6.07 Å². The average molecular weight is 366 g/mol. The number of esters is 1. The number of nitrogens with one attached hydrogen (secondary N) is 2. The molecular formula is C18H26N2O6. The number of hydrogen-bond acceptors (Lipinski definition) is 6. The van der Waals surface area contributed by atoms with Gasteiger partial charge in [-0.15, -0.1) is 0 Å². The van der Waals surface area contributed by atoms with Crippen LogP contribution >= 0.6 is 0 Å². The van der Waals surface area contributed by atoms with Gasteiger partial charge in [0.2, 0.25) is 5.91 Å². The first-order valence-electron chi connectivity index (χ1n) is 8.15. The molecule has 0 radical (unpaired) electrons. The van der Waals surface area contributed by atoms with Gasteiger partial charge in [0.15, 0.2) is 0 Å². The Kier molecular flexibility index (Phi) is 8.05. The molecule has 0 aliphatic rings. The molecule has 0 saturated heterocycles. The second kappa shape index (κ2) is 9.76. The van der Waals surface area contributed by atoms with Gasteiger partial charge >= 0.3 is 12.1 Å². The number of ether oxygens (including phenoxy) is 2. The van der Waals surface area contributed by atoms with Crippen molar-refractivity contribution in [1.82, 2.24) is 10.6 Å². The Labute approximate surface area is 152 Å². The van der Waals surface area contributed by atoms with Crippen molar-refractivity contribution in [3.63, 3.8) is 0 Å². The standard InChI is InChI=1S/C18H26N2O6/c1-18(2,3)14(16(23)25-4)20-15(22)13(10-21)19-17(24)26-11-12-8-6-5-7-9-12/h5-9,13-14,21H,10-11H2,1-4H3,(H,19,24)(H,20,22)/t13-,14+/m0/s1. The molecule has 3 N–H and O–H groups in total. The fourth-order valence-electron chi connectivity index (χ4n) is 2.09. The van der Waals surface area contributed by atoms with Gasteiger partial charge in [0.1, 0.15) is 18.7 Å². The van der Waals surface area contributed by atoms with Crippen LogP contribution in [0.15, 0.2) is 30.3 Å². The van der Waals surface area contributed by atoms with E-state index >= 15 is 0 Å². The number of aliphatic hydroxyl groups is 1. The molecule has 26 heavy (non-hydrogen) atoms. The molecule has 0 saturated carbocycles. The van der Waals surface area contributed by atoms with Crippen LogP contribution in [0.5, 0.6) is 0 Å². The number of rotatable bonds is 7. The quantitative estimate of drug-likeness (QED) is 0.620. The van der Waals surface area contributed by atoms with Crippen molar-refractivity contribution in [1.29, 1.82) is 0 Å². The molecule has 144 valence electrons. The summed E-state index contributed by atoms with van der Waals surface area (Å²) in [5.41, 5.74) is 0.169. The van der Waals surface area contributed by atoms with Crippen LogP contribution in [0.2, 0.25) is 0 Å². The predicted octanol–water partition coefficient (Wildman–Crippen LogP) is 0.978. The van der Waals surface area contributed by atoms with Crippen LogP contribution in [0.4, 0.5) is 4.79 Å². The highest BCUT2D eigenvalue weighted by Crippen LogP contribution is 2.20. The van der Waals surface area contributed by atoms with Crippen molar-refractivity contribution in [2.24, 2.45) is 5.41 Å². The van der Waals surface area contributed by atoms with Crippen molar-refractivity contribution in [3.05, 3.63) is 35.9 Å². The van der Waals surface area contributed by atoms with Crippen LogP contribution in [0.25, 0.3) is 0 Å². The molecular weight excluding hydrogens is 340 g/mol. The Morgan fingerprint density at radius 2 is 1.73 bits per heavy atom. The maximum atomic E-state index is 12.3. The van der Waals surface area contributed by atoms with Crippen LogP contribution in [0.1, 0.15) is 26.3 Å². The number of carbonyl (C=O) groups is 3. The number of carbonyl (C=O) groups excluding carboxylic acids is 3. The Morgan fingerprint density at radius 1 is 1.12 bits per heavy atom. The molecule has 0 unspecified atom stereocenters. The zero-order chi connectivity index (χ0) is 19.7. The van der Waals surface area contributed by atoms with Crippen molar-refractivity contribution >= 4 is 18.0 Å². The molecule has 0 aromatic heterocycles. The molecule has 1 aromatic rings. The van der Waals surface area contributed by atoms with E-state index in [1.165, 1.54) is 7.11 Å². The summed E-state index contributed by atoms with van der Waals surface area (Å²) in [6.07, 6.45) is -0.853. The van der Waals surface area contributed by atoms with E-state index in [-0.39, 0.29) is 6.61 Å². The molecule has 0 heterocycles. The van der Waals surface area contributed by atoms with Gasteiger partial charge in [-0.1, -0.05) is 51.1 Å². The van der Waals surface area contributed by atoms with Crippen LogP contribution in [-0.2, 0) is 25.7 Å². The largest absolute Gasteiger partial charge is 0.467 e. The normalized spacial score (nSPS) is 13.3. The number of alkyl carbamates (subject to hydrolysis) is 1. The van der Waals surface area contributed by atoms with E-state index in [1.54, 1.807) is 45.0 Å². The third-order valence-corrected chi connectivity index (χ3v) is 3.59. The van der Waals surface area contributed by atoms with Gasteiger partial charge in [-0.2, -0.15) is 0 Å². The summed E-state index contributed by atoms with van der Waals surface area (Å²) >= 11 is 0. The summed E-state index contributed by atoms with van der Waals surface area (Å²) in [6, 6.07) is 6.83. The van der Waals surface area contributed by atoms with E-state index in [0.717, 1.165) is 5.56 Å². The maximum Gasteiger partial charge on any atom is 0.408 e. The summed E-state index contributed by atoms with van der Waals surface area (Å²) in [5, 5.41) is 14.2. The number of hydrogen-bond donors (Lipinski definition) is 3. The maximum absolute atomic E-state index is 12.3. The molecule has 1 aromatic carbocycles. The first-order chi connectivity index (χ1) is 12.2. The van der Waals surface area contributed by atoms with Gasteiger partial charge in [0, 0.05) is 0 Å². The molecule has 2 amide bonds. The van der Waals surface area contributed by atoms with Gasteiger partial charge in [-0.25, -0.2) is 9.59 Å². The van der Waals surface area contributed by atoms with Gasteiger partial charge in [0.05, 0.1) is 13.7 Å². The highest BCUT2D eigenvalue weighted by Gasteiger charge is 2.35. The molecule has 2 atom stereocenters. The topological polar surface area (TPSA) is 114 Å². The van der Waals surface area contributed by atoms with Gasteiger partial charge in [-0.05, 0) is 11.0 Å². The second-order valence-electron chi connectivity index (χ2n) is 6.77. The summed E-state index contributed by atoms with van der Waals surface area (Å²) < 4.78 is 9.71. The minimum atomic E-state index is -1.26. The lowest BCUT2D eigenvalue weighted by Crippen LogP contribution is -2.56. The fraction of sp³-hybridized carbons (Fsp3) is 0.500. The molecule has 0 fully saturated rings. The predicted molar refractivity (Wildman–Crippen MR) is 94.0 cm³/mol. The molecule has 0 spiro atoms. The Balaban J connectivity index is 2.64. The molecule has 0 aliphatic heterocycles. The number of aliphatic hydroxyl groups excluding tert-OH is 1. The molecule has 0 bridgehead atoms. The third-order valence-electron chi connectivity index (χ3n) is 3.59. The highest BCUT2D eigenvalue weighted by molar-refractivity contribution is 5.90. The van der Waals surface area contributed by atoms with E-state index in [9.17, 15) is 19.5 Å². The SMILES string of the molecule is COC(=O)[C@@H](NC(=O)[C@H](CO)NC(=O)OCc1ccccc1)C(C)(C)C. The van der Waals surface area contributed by atoms with Gasteiger partial charge in [0.25, 0.3) is 0 Å². The van der Waals surface area contributed by atoms with Crippen LogP contribution < -0.4 is 10.6 Å². The summed E-state index contributed by atoms with van der Waals surface area (Å²) in [7, 11) is 1.22. The van der Waals surface area contributed by atoms with E-state index in [2.05, 4.69) is 10.6 Å². The minimum Gasteiger partial charge on any atom is -0.467 e. The summed E-state index contributed by atoms with van der Waals surface area (Å²) in [4.78, 5) is 36.0. The second-order valence-corrected chi connectivity index (χ2v) is 6.77. The molecule has 8 nitrogen and oxygen atoms in total. The monoisotopic (exact) mass is 366 g/mol. The Morgan fingerprint density at radius 3 is 2.23 bits per heavy atom. The van der Waals surface area contributed by atoms with Crippen LogP contribution in [0, 0.1) is 5.41 Å². The zero-order valence-corrected chi connectivity index (χ0v) is 15.4. The van der Waals surface area contributed by atoms with E-state index in [4.69, 9.17) is 9.47 Å². The summed E-state index contributed by atoms with van der Waals surface area (Å²) in [5.74, 6) is -1.33. The lowest BCUT2D eigenvalue weighted by molar-refractivity contribution is -0.148. The fourth-order valence-corrected chi connectivity index (χ4v) is 2.09. The lowest BCUT2D eigenvalue weighted by atomic mass is 9.86. The zero-order valence-electron chi connectivity index (χ0n) is 15.4. The number of methoxy groups -OCH3 is 1. The first kappa shape index (κ1) is 21.4. The van der Waals surface area contributed by atoms with Crippen molar-refractivity contribution in [3.8, 4) is 0 Å². The third kappa shape index (κ3) is 6.72. The van der Waals surface area contributed by atoms with E-state index < -0.39 is 42.1 Å².